The first-order valence-corrected chi connectivity index (χ1v) is 5.50. The van der Waals surface area contributed by atoms with E-state index in [2.05, 4.69) is 10.1 Å². The van der Waals surface area contributed by atoms with Crippen molar-refractivity contribution in [2.75, 3.05) is 0 Å². The maximum Gasteiger partial charge on any atom is 0.252 e. The molecule has 0 aliphatic carbocycles. The average molecular weight is 227 g/mol. The largest absolute Gasteiger partial charge is 0.369 e. The number of nitrogens with two attached hydrogens (primary N) is 1. The van der Waals surface area contributed by atoms with Crippen LogP contribution in [0.3, 0.4) is 0 Å². The van der Waals surface area contributed by atoms with Gasteiger partial charge in [0.1, 0.15) is 6.61 Å². The topological polar surface area (TPSA) is 74.2 Å². The van der Waals surface area contributed by atoms with Gasteiger partial charge in [-0.25, -0.2) is 0 Å². The Bertz CT molecular complexity index is 328. The van der Waals surface area contributed by atoms with E-state index in [0.717, 1.165) is 0 Å². The zero-order valence-electron chi connectivity index (χ0n) is 10.7. The van der Waals surface area contributed by atoms with Gasteiger partial charge in [-0.3, -0.25) is 0 Å². The molecule has 1 rings (SSSR count). The number of hydrogen-bond donors (Lipinski definition) is 1. The predicted molar refractivity (Wildman–Crippen MR) is 60.6 cm³/mol. The first-order chi connectivity index (χ1) is 7.30. The van der Waals surface area contributed by atoms with Gasteiger partial charge in [-0.15, -0.1) is 0 Å². The fourth-order valence-corrected chi connectivity index (χ4v) is 1.08. The molecule has 5 heteroatoms. The van der Waals surface area contributed by atoms with Gasteiger partial charge in [0.25, 0.3) is 5.89 Å². The third-order valence-corrected chi connectivity index (χ3v) is 2.24. The van der Waals surface area contributed by atoms with Gasteiger partial charge in [-0.2, -0.15) is 4.98 Å². The highest BCUT2D eigenvalue weighted by atomic mass is 16.5. The second-order valence-electron chi connectivity index (χ2n) is 5.25. The van der Waals surface area contributed by atoms with Crippen molar-refractivity contribution in [3.05, 3.63) is 11.7 Å². The number of aromatic nitrogens is 2. The Balaban J connectivity index is 2.64. The first kappa shape index (κ1) is 13.1. The highest BCUT2D eigenvalue weighted by Crippen LogP contribution is 2.28. The second-order valence-corrected chi connectivity index (χ2v) is 5.25. The zero-order chi connectivity index (χ0) is 12.3. The zero-order valence-corrected chi connectivity index (χ0v) is 10.7. The average Bonchev–Trinajstić information content (AvgIpc) is 2.60. The van der Waals surface area contributed by atoms with Gasteiger partial charge < -0.3 is 15.0 Å². The minimum atomic E-state index is -0.232. The lowest BCUT2D eigenvalue weighted by Crippen LogP contribution is -2.27. The smallest absolute Gasteiger partial charge is 0.252 e. The summed E-state index contributed by atoms with van der Waals surface area (Å²) < 4.78 is 10.4. The lowest BCUT2D eigenvalue weighted by molar-refractivity contribution is 0.0485. The van der Waals surface area contributed by atoms with Crippen LogP contribution in [0.4, 0.5) is 0 Å². The molecule has 92 valence electrons. The Morgan fingerprint density at radius 3 is 2.50 bits per heavy atom. The van der Waals surface area contributed by atoms with Crippen molar-refractivity contribution >= 4 is 0 Å². The summed E-state index contributed by atoms with van der Waals surface area (Å²) in [5.41, 5.74) is 5.93. The lowest BCUT2D eigenvalue weighted by Gasteiger charge is -2.23. The monoisotopic (exact) mass is 227 g/mol. The summed E-state index contributed by atoms with van der Waals surface area (Å²) in [4.78, 5) is 4.22. The fraction of sp³-hybridized carbons (Fsp3) is 0.818. The van der Waals surface area contributed by atoms with Crippen molar-refractivity contribution in [2.24, 2.45) is 11.1 Å². The molecule has 0 saturated heterocycles. The Kier molecular flexibility index (Phi) is 4.04. The maximum absolute atomic E-state index is 6.02. The summed E-state index contributed by atoms with van der Waals surface area (Å²) in [7, 11) is 0. The van der Waals surface area contributed by atoms with Crippen LogP contribution in [0.15, 0.2) is 4.52 Å². The number of hydrogen-bond acceptors (Lipinski definition) is 5. The Labute approximate surface area is 96.4 Å². The predicted octanol–water partition coefficient (Wildman–Crippen LogP) is 2.04. The molecule has 0 aliphatic heterocycles. The van der Waals surface area contributed by atoms with Crippen LogP contribution in [-0.4, -0.2) is 16.2 Å². The molecule has 2 N–H and O–H groups in total. The third kappa shape index (κ3) is 3.57. The molecular weight excluding hydrogens is 206 g/mol. The van der Waals surface area contributed by atoms with E-state index in [-0.39, 0.29) is 17.6 Å². The van der Waals surface area contributed by atoms with Crippen LogP contribution in [0.2, 0.25) is 0 Å². The molecule has 0 aliphatic rings. The number of nitrogens with zero attached hydrogens (tertiary/aromatic N) is 2. The molecule has 0 fully saturated rings. The van der Waals surface area contributed by atoms with Crippen molar-refractivity contribution in [3.8, 4) is 0 Å². The quantitative estimate of drug-likeness (QED) is 0.852. The molecule has 16 heavy (non-hydrogen) atoms. The van der Waals surface area contributed by atoms with E-state index in [9.17, 15) is 0 Å². The van der Waals surface area contributed by atoms with Crippen molar-refractivity contribution in [2.45, 2.75) is 53.4 Å². The molecule has 1 atom stereocenters. The fourth-order valence-electron chi connectivity index (χ4n) is 1.08. The highest BCUT2D eigenvalue weighted by molar-refractivity contribution is 4.97. The summed E-state index contributed by atoms with van der Waals surface area (Å²) >= 11 is 0. The highest BCUT2D eigenvalue weighted by Gasteiger charge is 2.26. The van der Waals surface area contributed by atoms with E-state index in [1.807, 2.05) is 34.6 Å². The molecule has 1 heterocycles. The summed E-state index contributed by atoms with van der Waals surface area (Å²) in [5, 5.41) is 3.87. The van der Waals surface area contributed by atoms with Gasteiger partial charge >= 0.3 is 0 Å². The van der Waals surface area contributed by atoms with Crippen molar-refractivity contribution < 1.29 is 9.26 Å². The Hall–Kier alpha value is -0.940. The minimum Gasteiger partial charge on any atom is -0.369 e. The molecular formula is C11H21N3O2. The van der Waals surface area contributed by atoms with Crippen molar-refractivity contribution in [1.29, 1.82) is 0 Å². The second kappa shape index (κ2) is 4.93. The molecule has 0 spiro atoms. The first-order valence-electron chi connectivity index (χ1n) is 5.50. The van der Waals surface area contributed by atoms with Crippen LogP contribution in [-0.2, 0) is 11.3 Å². The van der Waals surface area contributed by atoms with Crippen LogP contribution in [0.25, 0.3) is 0 Å². The number of rotatable bonds is 4. The summed E-state index contributed by atoms with van der Waals surface area (Å²) in [6.45, 7) is 10.4. The van der Waals surface area contributed by atoms with Gasteiger partial charge in [-0.05, 0) is 19.3 Å². The lowest BCUT2D eigenvalue weighted by atomic mass is 9.87. The molecule has 1 aromatic heterocycles. The SMILES string of the molecule is CC(C)OCc1nc(C(N)C(C)(C)C)no1. The van der Waals surface area contributed by atoms with Crippen LogP contribution < -0.4 is 5.73 Å². The van der Waals surface area contributed by atoms with Gasteiger partial charge in [0.05, 0.1) is 12.1 Å². The van der Waals surface area contributed by atoms with Gasteiger partial charge in [0.2, 0.25) is 0 Å². The number of ether oxygens (including phenoxy) is 1. The molecule has 5 nitrogen and oxygen atoms in total. The summed E-state index contributed by atoms with van der Waals surface area (Å²) in [6, 6.07) is -0.232. The standard InChI is InChI=1S/C11H21N3O2/c1-7(2)15-6-8-13-10(14-16-8)9(12)11(3,4)5/h7,9H,6,12H2,1-5H3. The molecule has 0 aromatic carbocycles. The van der Waals surface area contributed by atoms with E-state index in [4.69, 9.17) is 15.0 Å². The molecule has 1 unspecified atom stereocenters. The normalized spacial score (nSPS) is 14.4. The van der Waals surface area contributed by atoms with E-state index in [1.165, 1.54) is 0 Å². The summed E-state index contributed by atoms with van der Waals surface area (Å²) in [5.74, 6) is 1.01. The van der Waals surface area contributed by atoms with Crippen molar-refractivity contribution in [3.63, 3.8) is 0 Å². The summed E-state index contributed by atoms with van der Waals surface area (Å²) in [6.07, 6.45) is 0.145. The minimum absolute atomic E-state index is 0.0833. The van der Waals surface area contributed by atoms with Crippen LogP contribution in [0.1, 0.15) is 52.4 Å². The molecule has 0 bridgehead atoms. The van der Waals surface area contributed by atoms with Crippen molar-refractivity contribution in [1.82, 2.24) is 10.1 Å². The van der Waals surface area contributed by atoms with Crippen LogP contribution in [0.5, 0.6) is 0 Å². The van der Waals surface area contributed by atoms with E-state index in [0.29, 0.717) is 18.3 Å². The van der Waals surface area contributed by atoms with Crippen LogP contribution >= 0.6 is 0 Å². The van der Waals surface area contributed by atoms with E-state index < -0.39 is 0 Å². The molecule has 0 radical (unpaired) electrons. The van der Waals surface area contributed by atoms with E-state index in [1.54, 1.807) is 0 Å². The molecule has 0 amide bonds. The van der Waals surface area contributed by atoms with Gasteiger partial charge in [-0.1, -0.05) is 25.9 Å². The Morgan fingerprint density at radius 1 is 1.38 bits per heavy atom. The maximum atomic E-state index is 6.02. The molecule has 0 saturated carbocycles. The molecule has 1 aromatic rings. The van der Waals surface area contributed by atoms with Gasteiger partial charge in [0.15, 0.2) is 5.82 Å². The van der Waals surface area contributed by atoms with E-state index >= 15 is 0 Å². The third-order valence-electron chi connectivity index (χ3n) is 2.24. The van der Waals surface area contributed by atoms with Crippen LogP contribution in [0, 0.1) is 5.41 Å². The van der Waals surface area contributed by atoms with Gasteiger partial charge in [0, 0.05) is 0 Å². The Morgan fingerprint density at radius 2 is 2.00 bits per heavy atom.